The Balaban J connectivity index is 1.53. The molecule has 1 saturated heterocycles. The first-order chi connectivity index (χ1) is 16.7. The van der Waals surface area contributed by atoms with Crippen molar-refractivity contribution in [2.45, 2.75) is 57.4 Å². The zero-order chi connectivity index (χ0) is 23.3. The van der Waals surface area contributed by atoms with Gasteiger partial charge in [-0.3, -0.25) is 4.79 Å². The maximum atomic E-state index is 15.0. The largest absolute Gasteiger partial charge is 0.339 e. The van der Waals surface area contributed by atoms with Crippen LogP contribution in [0.25, 0.3) is 5.57 Å². The minimum absolute atomic E-state index is 0.0719. The van der Waals surface area contributed by atoms with Crippen LogP contribution < -0.4 is 4.90 Å². The molecule has 2 fully saturated rings. The third-order valence-electron chi connectivity index (χ3n) is 7.16. The number of carbonyl (C=O) groups excluding carboxylic acids is 1. The summed E-state index contributed by atoms with van der Waals surface area (Å²) in [6.07, 6.45) is 19.2. The molecular weight excluding hydrogens is 447 g/mol. The first-order valence-electron chi connectivity index (χ1n) is 12.6. The fourth-order valence-corrected chi connectivity index (χ4v) is 6.14. The van der Waals surface area contributed by atoms with Gasteiger partial charge in [0.25, 0.3) is 5.91 Å². The number of rotatable bonds is 6. The molecule has 0 aromatic carbocycles. The van der Waals surface area contributed by atoms with Crippen molar-refractivity contribution < 1.29 is 9.18 Å². The molecule has 0 spiro atoms. The molecule has 0 radical (unpaired) electrons. The highest BCUT2D eigenvalue weighted by Crippen LogP contribution is 2.33. The summed E-state index contributed by atoms with van der Waals surface area (Å²) in [5.41, 5.74) is 2.58. The van der Waals surface area contributed by atoms with E-state index < -0.39 is 0 Å². The summed E-state index contributed by atoms with van der Waals surface area (Å²) >= 11 is 1.92. The number of hydrogen-bond donors (Lipinski definition) is 0. The van der Waals surface area contributed by atoms with Crippen molar-refractivity contribution in [3.63, 3.8) is 0 Å². The molecule has 5 nitrogen and oxygen atoms in total. The lowest BCUT2D eigenvalue weighted by Crippen LogP contribution is -2.41. The van der Waals surface area contributed by atoms with E-state index in [4.69, 9.17) is 4.98 Å². The van der Waals surface area contributed by atoms with Crippen LogP contribution in [0.15, 0.2) is 48.0 Å². The predicted molar refractivity (Wildman–Crippen MR) is 138 cm³/mol. The summed E-state index contributed by atoms with van der Waals surface area (Å²) < 4.78 is 15.0. The number of halogens is 1. The van der Waals surface area contributed by atoms with Gasteiger partial charge in [0.2, 0.25) is 5.95 Å². The highest BCUT2D eigenvalue weighted by atomic mass is 32.2. The van der Waals surface area contributed by atoms with Crippen molar-refractivity contribution in [1.29, 1.82) is 0 Å². The number of thioether (sulfide) groups is 1. The summed E-state index contributed by atoms with van der Waals surface area (Å²) in [5.74, 6) is 2.38. The normalized spacial score (nSPS) is 21.2. The standard InChI is InChI=1S/C27H33FN4OS/c28-24-13-7-6-12-22(24)25-23(18-29-27(30-25)31-14-16-34-17-15-31)26(33)32(21-10-4-5-11-21)19-20-8-2-1-3-9-20/h1-2,6,8,12,18,21H,3-5,7,9-11,13-17,19H2. The third-order valence-corrected chi connectivity index (χ3v) is 8.11. The molecular formula is C27H33FN4OS. The Morgan fingerprint density at radius 1 is 1.15 bits per heavy atom. The minimum Gasteiger partial charge on any atom is -0.339 e. The number of carbonyl (C=O) groups is 1. The van der Waals surface area contributed by atoms with Crippen LogP contribution in [0.3, 0.4) is 0 Å². The van der Waals surface area contributed by atoms with E-state index in [0.29, 0.717) is 42.2 Å². The summed E-state index contributed by atoms with van der Waals surface area (Å²) in [5, 5.41) is 0. The summed E-state index contributed by atoms with van der Waals surface area (Å²) in [6, 6.07) is 0.215. The van der Waals surface area contributed by atoms with Crippen molar-refractivity contribution in [3.05, 3.63) is 59.2 Å². The van der Waals surface area contributed by atoms with Gasteiger partial charge in [0.1, 0.15) is 5.83 Å². The minimum atomic E-state index is -0.192. The van der Waals surface area contributed by atoms with E-state index in [-0.39, 0.29) is 17.8 Å². The molecule has 1 amide bonds. The van der Waals surface area contributed by atoms with Gasteiger partial charge < -0.3 is 9.80 Å². The molecule has 1 saturated carbocycles. The zero-order valence-corrected chi connectivity index (χ0v) is 20.5. The van der Waals surface area contributed by atoms with Gasteiger partial charge in [-0.25, -0.2) is 14.4 Å². The number of hydrogen-bond acceptors (Lipinski definition) is 5. The van der Waals surface area contributed by atoms with Crippen molar-refractivity contribution in [2.75, 3.05) is 36.0 Å². The van der Waals surface area contributed by atoms with Crippen molar-refractivity contribution >= 4 is 29.2 Å². The van der Waals surface area contributed by atoms with Crippen molar-refractivity contribution in [3.8, 4) is 0 Å². The molecule has 3 aliphatic carbocycles. The summed E-state index contributed by atoms with van der Waals surface area (Å²) in [7, 11) is 0. The van der Waals surface area contributed by atoms with Crippen LogP contribution in [0.1, 0.15) is 67.4 Å². The SMILES string of the molecule is O=C(c1cnc(N2CCSCC2)nc1C1=C(F)CCC=C1)N(CC1=CC=CCC1)C1CCCC1. The average molecular weight is 481 g/mol. The van der Waals surface area contributed by atoms with Gasteiger partial charge in [0.15, 0.2) is 0 Å². The van der Waals surface area contributed by atoms with Crippen LogP contribution in [0, 0.1) is 0 Å². The fourth-order valence-electron chi connectivity index (χ4n) is 5.23. The number of allylic oxidation sites excluding steroid dienone is 7. The van der Waals surface area contributed by atoms with Crippen LogP contribution in [-0.4, -0.2) is 58.0 Å². The lowest BCUT2D eigenvalue weighted by molar-refractivity contribution is 0.0698. The molecule has 5 rings (SSSR count). The monoisotopic (exact) mass is 480 g/mol. The van der Waals surface area contributed by atoms with Gasteiger partial charge in [-0.15, -0.1) is 0 Å². The Morgan fingerprint density at radius 3 is 2.68 bits per heavy atom. The Labute approximate surface area is 205 Å². The molecule has 1 aromatic heterocycles. The zero-order valence-electron chi connectivity index (χ0n) is 19.7. The smallest absolute Gasteiger partial charge is 0.258 e. The van der Waals surface area contributed by atoms with Gasteiger partial charge in [-0.2, -0.15) is 11.8 Å². The quantitative estimate of drug-likeness (QED) is 0.521. The van der Waals surface area contributed by atoms with E-state index in [9.17, 15) is 4.79 Å². The van der Waals surface area contributed by atoms with Crippen LogP contribution in [0.5, 0.6) is 0 Å². The molecule has 4 aliphatic rings. The molecule has 0 unspecified atom stereocenters. The van der Waals surface area contributed by atoms with E-state index in [1.807, 2.05) is 22.7 Å². The molecule has 180 valence electrons. The number of anilines is 1. The third kappa shape index (κ3) is 5.14. The van der Waals surface area contributed by atoms with Gasteiger partial charge in [0.05, 0.1) is 11.3 Å². The lowest BCUT2D eigenvalue weighted by Gasteiger charge is -2.32. The molecule has 1 aromatic rings. The molecule has 0 atom stereocenters. The fraction of sp³-hybridized carbons (Fsp3) is 0.519. The van der Waals surface area contributed by atoms with Gasteiger partial charge >= 0.3 is 0 Å². The Morgan fingerprint density at radius 2 is 1.94 bits per heavy atom. The van der Waals surface area contributed by atoms with Crippen molar-refractivity contribution in [1.82, 2.24) is 14.9 Å². The molecule has 0 N–H and O–H groups in total. The van der Waals surface area contributed by atoms with Crippen LogP contribution in [-0.2, 0) is 0 Å². The molecule has 1 aliphatic heterocycles. The van der Waals surface area contributed by atoms with E-state index in [1.54, 1.807) is 12.3 Å². The van der Waals surface area contributed by atoms with E-state index >= 15 is 4.39 Å². The topological polar surface area (TPSA) is 49.3 Å². The van der Waals surface area contributed by atoms with Crippen LogP contribution in [0.4, 0.5) is 10.3 Å². The summed E-state index contributed by atoms with van der Waals surface area (Å²) in [4.78, 5) is 27.7. The second-order valence-electron chi connectivity index (χ2n) is 9.45. The predicted octanol–water partition coefficient (Wildman–Crippen LogP) is 5.72. The number of amides is 1. The first kappa shape index (κ1) is 23.3. The lowest BCUT2D eigenvalue weighted by atomic mass is 9.98. The number of nitrogens with zero attached hydrogens (tertiary/aromatic N) is 4. The average Bonchev–Trinajstić information content (AvgIpc) is 3.43. The van der Waals surface area contributed by atoms with E-state index in [1.165, 1.54) is 5.57 Å². The van der Waals surface area contributed by atoms with Crippen molar-refractivity contribution in [2.24, 2.45) is 0 Å². The first-order valence-corrected chi connectivity index (χ1v) is 13.8. The Hall–Kier alpha value is -2.41. The maximum absolute atomic E-state index is 15.0. The molecule has 2 heterocycles. The second kappa shape index (κ2) is 10.9. The van der Waals surface area contributed by atoms with Crippen LogP contribution in [0.2, 0.25) is 0 Å². The van der Waals surface area contributed by atoms with Gasteiger partial charge in [0, 0.05) is 55.4 Å². The Kier molecular flexibility index (Phi) is 7.48. The van der Waals surface area contributed by atoms with E-state index in [0.717, 1.165) is 63.1 Å². The van der Waals surface area contributed by atoms with Gasteiger partial charge in [-0.05, 0) is 32.1 Å². The number of aromatic nitrogens is 2. The highest BCUT2D eigenvalue weighted by Gasteiger charge is 2.31. The Bertz CT molecular complexity index is 1040. The molecule has 34 heavy (non-hydrogen) atoms. The van der Waals surface area contributed by atoms with E-state index in [2.05, 4.69) is 28.1 Å². The van der Waals surface area contributed by atoms with Crippen LogP contribution >= 0.6 is 11.8 Å². The van der Waals surface area contributed by atoms with Gasteiger partial charge in [-0.1, -0.05) is 48.8 Å². The molecule has 0 bridgehead atoms. The molecule has 7 heteroatoms. The second-order valence-corrected chi connectivity index (χ2v) is 10.7. The maximum Gasteiger partial charge on any atom is 0.258 e. The summed E-state index contributed by atoms with van der Waals surface area (Å²) in [6.45, 7) is 2.35. The highest BCUT2D eigenvalue weighted by molar-refractivity contribution is 7.99.